The van der Waals surface area contributed by atoms with Gasteiger partial charge >= 0.3 is 0 Å². The summed E-state index contributed by atoms with van der Waals surface area (Å²) in [6.45, 7) is 8.73. The Morgan fingerprint density at radius 1 is 1.32 bits per heavy atom. The van der Waals surface area contributed by atoms with Crippen molar-refractivity contribution in [2.24, 2.45) is 0 Å². The molecule has 0 radical (unpaired) electrons. The number of aromatic amines is 1. The molecule has 2 aromatic heterocycles. The lowest BCUT2D eigenvalue weighted by Crippen LogP contribution is -2.48. The number of piperazine rings is 1. The fourth-order valence-electron chi connectivity index (χ4n) is 2.33. The van der Waals surface area contributed by atoms with E-state index in [0.29, 0.717) is 10.7 Å². The van der Waals surface area contributed by atoms with E-state index in [1.165, 1.54) is 0 Å². The molecule has 3 heterocycles. The standard InChI is InChI=1S/C12H17N5S2/c1-8(2)16-3-5-17(6-4-16)12-15-10-9(19-12)11(18)14-7-13-10/h7-8H,3-6H2,1-2H3,(H,13,14,18). The summed E-state index contributed by atoms with van der Waals surface area (Å²) in [5, 5.41) is 1.05. The van der Waals surface area contributed by atoms with Crippen molar-refractivity contribution in [1.29, 1.82) is 0 Å². The normalized spacial score (nSPS) is 17.5. The topological polar surface area (TPSA) is 48.0 Å². The lowest BCUT2D eigenvalue weighted by atomic mass is 10.2. The zero-order valence-electron chi connectivity index (χ0n) is 11.1. The van der Waals surface area contributed by atoms with Crippen LogP contribution < -0.4 is 4.90 Å². The van der Waals surface area contributed by atoms with Gasteiger partial charge in [-0.3, -0.25) is 4.90 Å². The van der Waals surface area contributed by atoms with Crippen LogP contribution in [-0.2, 0) is 0 Å². The number of rotatable bonds is 2. The van der Waals surface area contributed by atoms with Crippen LogP contribution in [-0.4, -0.2) is 52.1 Å². The Kier molecular flexibility index (Phi) is 3.51. The van der Waals surface area contributed by atoms with Gasteiger partial charge in [0.25, 0.3) is 0 Å². The monoisotopic (exact) mass is 295 g/mol. The van der Waals surface area contributed by atoms with Gasteiger partial charge in [-0.25, -0.2) is 9.97 Å². The van der Waals surface area contributed by atoms with Crippen LogP contribution >= 0.6 is 23.6 Å². The van der Waals surface area contributed by atoms with E-state index in [-0.39, 0.29) is 0 Å². The van der Waals surface area contributed by atoms with E-state index in [9.17, 15) is 0 Å². The molecule has 102 valence electrons. The molecule has 0 atom stereocenters. The van der Waals surface area contributed by atoms with E-state index in [1.807, 2.05) is 0 Å². The summed E-state index contributed by atoms with van der Waals surface area (Å²) in [7, 11) is 0. The van der Waals surface area contributed by atoms with Crippen LogP contribution in [0.2, 0.25) is 0 Å². The molecule has 0 amide bonds. The van der Waals surface area contributed by atoms with Gasteiger partial charge in [0.05, 0.1) is 6.33 Å². The third kappa shape index (κ3) is 2.50. The van der Waals surface area contributed by atoms with Crippen LogP contribution in [0.25, 0.3) is 10.3 Å². The molecule has 1 saturated heterocycles. The van der Waals surface area contributed by atoms with Crippen LogP contribution in [0.15, 0.2) is 6.33 Å². The molecule has 0 spiro atoms. The molecular formula is C12H17N5S2. The highest BCUT2D eigenvalue weighted by molar-refractivity contribution is 7.71. The van der Waals surface area contributed by atoms with Crippen molar-refractivity contribution >= 4 is 39.0 Å². The van der Waals surface area contributed by atoms with Gasteiger partial charge in [-0.05, 0) is 13.8 Å². The molecule has 0 saturated carbocycles. The third-order valence-electron chi connectivity index (χ3n) is 3.51. The average molecular weight is 295 g/mol. The SMILES string of the molecule is CC(C)N1CCN(c2nc3[nH]cnc(=S)c3s2)CC1. The maximum atomic E-state index is 5.23. The molecule has 1 aliphatic rings. The van der Waals surface area contributed by atoms with E-state index in [1.54, 1.807) is 17.7 Å². The van der Waals surface area contributed by atoms with Crippen molar-refractivity contribution in [2.75, 3.05) is 31.1 Å². The highest BCUT2D eigenvalue weighted by Crippen LogP contribution is 2.28. The van der Waals surface area contributed by atoms with Crippen molar-refractivity contribution < 1.29 is 0 Å². The Bertz CT molecular complexity index is 624. The number of fused-ring (bicyclic) bond motifs is 1. The van der Waals surface area contributed by atoms with Crippen molar-refractivity contribution in [1.82, 2.24) is 19.9 Å². The Hall–Kier alpha value is -1.05. The van der Waals surface area contributed by atoms with E-state index in [4.69, 9.17) is 12.2 Å². The molecule has 7 heteroatoms. The number of thiazole rings is 1. The Morgan fingerprint density at radius 2 is 2.05 bits per heavy atom. The summed E-state index contributed by atoms with van der Waals surface area (Å²) in [4.78, 5) is 16.6. The van der Waals surface area contributed by atoms with Crippen LogP contribution in [0.5, 0.6) is 0 Å². The van der Waals surface area contributed by atoms with Crippen LogP contribution in [0.4, 0.5) is 5.13 Å². The van der Waals surface area contributed by atoms with Crippen molar-refractivity contribution in [2.45, 2.75) is 19.9 Å². The Balaban J connectivity index is 1.82. The quantitative estimate of drug-likeness (QED) is 0.861. The number of nitrogens with zero attached hydrogens (tertiary/aromatic N) is 4. The summed E-state index contributed by atoms with van der Waals surface area (Å²) in [5.74, 6) is 0. The summed E-state index contributed by atoms with van der Waals surface area (Å²) >= 11 is 6.87. The van der Waals surface area contributed by atoms with Crippen LogP contribution in [0.3, 0.4) is 0 Å². The fraction of sp³-hybridized carbons (Fsp3) is 0.583. The number of hydrogen-bond donors (Lipinski definition) is 1. The van der Waals surface area contributed by atoms with Gasteiger partial charge in [0.2, 0.25) is 0 Å². The smallest absolute Gasteiger partial charge is 0.188 e. The second kappa shape index (κ2) is 5.15. The molecule has 2 aromatic rings. The minimum Gasteiger partial charge on any atom is -0.345 e. The van der Waals surface area contributed by atoms with Crippen LogP contribution in [0, 0.1) is 4.64 Å². The first-order chi connectivity index (χ1) is 9.15. The van der Waals surface area contributed by atoms with Gasteiger partial charge < -0.3 is 9.88 Å². The maximum Gasteiger partial charge on any atom is 0.188 e. The Labute approximate surface area is 121 Å². The van der Waals surface area contributed by atoms with Gasteiger partial charge in [-0.15, -0.1) is 0 Å². The minimum absolute atomic E-state index is 0.620. The number of hydrogen-bond acceptors (Lipinski definition) is 6. The first-order valence-corrected chi connectivity index (χ1v) is 7.71. The number of anilines is 1. The summed E-state index contributed by atoms with van der Waals surface area (Å²) < 4.78 is 1.62. The van der Waals surface area contributed by atoms with Crippen LogP contribution in [0.1, 0.15) is 13.8 Å². The first kappa shape index (κ1) is 13.0. The number of aromatic nitrogens is 3. The van der Waals surface area contributed by atoms with Crippen molar-refractivity contribution in [3.8, 4) is 0 Å². The minimum atomic E-state index is 0.620. The van der Waals surface area contributed by atoms with Crippen molar-refractivity contribution in [3.63, 3.8) is 0 Å². The van der Waals surface area contributed by atoms with E-state index >= 15 is 0 Å². The lowest BCUT2D eigenvalue weighted by molar-refractivity contribution is 0.209. The summed E-state index contributed by atoms with van der Waals surface area (Å²) in [5.41, 5.74) is 0.853. The molecular weight excluding hydrogens is 278 g/mol. The maximum absolute atomic E-state index is 5.23. The van der Waals surface area contributed by atoms with Crippen molar-refractivity contribution in [3.05, 3.63) is 11.0 Å². The molecule has 1 fully saturated rings. The molecule has 1 N–H and O–H groups in total. The summed E-state index contributed by atoms with van der Waals surface area (Å²) in [6.07, 6.45) is 1.62. The number of H-pyrrole nitrogens is 1. The lowest BCUT2D eigenvalue weighted by Gasteiger charge is -2.36. The predicted octanol–water partition coefficient (Wildman–Crippen LogP) is 2.28. The van der Waals surface area contributed by atoms with E-state index in [0.717, 1.165) is 41.7 Å². The molecule has 0 bridgehead atoms. The number of nitrogens with one attached hydrogen (secondary N) is 1. The molecule has 0 unspecified atom stereocenters. The summed E-state index contributed by atoms with van der Waals surface area (Å²) in [6, 6.07) is 0.620. The van der Waals surface area contributed by atoms with Gasteiger partial charge in [0.15, 0.2) is 10.8 Å². The van der Waals surface area contributed by atoms with E-state index in [2.05, 4.69) is 38.6 Å². The molecule has 3 rings (SSSR count). The predicted molar refractivity (Wildman–Crippen MR) is 81.5 cm³/mol. The van der Waals surface area contributed by atoms with Gasteiger partial charge in [0, 0.05) is 32.2 Å². The zero-order valence-corrected chi connectivity index (χ0v) is 12.7. The van der Waals surface area contributed by atoms with Gasteiger partial charge in [-0.1, -0.05) is 23.6 Å². The molecule has 19 heavy (non-hydrogen) atoms. The first-order valence-electron chi connectivity index (χ1n) is 6.48. The van der Waals surface area contributed by atoms with Gasteiger partial charge in [-0.2, -0.15) is 0 Å². The third-order valence-corrected chi connectivity index (χ3v) is 5.07. The molecule has 0 aromatic carbocycles. The highest BCUT2D eigenvalue weighted by atomic mass is 32.1. The molecule has 1 aliphatic heterocycles. The molecule has 5 nitrogen and oxygen atoms in total. The van der Waals surface area contributed by atoms with E-state index < -0.39 is 0 Å². The zero-order chi connectivity index (χ0) is 13.4. The Morgan fingerprint density at radius 3 is 2.68 bits per heavy atom. The second-order valence-electron chi connectivity index (χ2n) is 5.00. The fourth-order valence-corrected chi connectivity index (χ4v) is 3.57. The second-order valence-corrected chi connectivity index (χ2v) is 6.36. The average Bonchev–Trinajstić information content (AvgIpc) is 2.84. The molecule has 0 aliphatic carbocycles. The highest BCUT2D eigenvalue weighted by Gasteiger charge is 2.21. The van der Waals surface area contributed by atoms with Gasteiger partial charge in [0.1, 0.15) is 9.34 Å². The largest absolute Gasteiger partial charge is 0.345 e.